The molecule has 0 aliphatic rings. The molecule has 0 aliphatic heterocycles. The van der Waals surface area contributed by atoms with Crippen LogP contribution in [0.2, 0.25) is 0 Å². The predicted molar refractivity (Wildman–Crippen MR) is 149 cm³/mol. The third-order valence-corrected chi connectivity index (χ3v) is 6.32. The molecule has 0 unspecified atom stereocenters. The predicted octanol–water partition coefficient (Wildman–Crippen LogP) is 5.41. The highest BCUT2D eigenvalue weighted by molar-refractivity contribution is 5.70. The molecule has 2 heterocycles. The Bertz CT molecular complexity index is 1510. The topological polar surface area (TPSA) is 106 Å². The summed E-state index contributed by atoms with van der Waals surface area (Å²) < 4.78 is 13.7. The summed E-state index contributed by atoms with van der Waals surface area (Å²) in [4.78, 5) is 15.6. The molecule has 4 rings (SSSR count). The Morgan fingerprint density at radius 1 is 1.10 bits per heavy atom. The molecule has 202 valence electrons. The van der Waals surface area contributed by atoms with E-state index in [-0.39, 0.29) is 18.9 Å². The van der Waals surface area contributed by atoms with E-state index >= 15 is 0 Å². The molecule has 0 radical (unpaired) electrons. The van der Waals surface area contributed by atoms with E-state index in [4.69, 9.17) is 9.47 Å². The average molecular weight is 528 g/mol. The van der Waals surface area contributed by atoms with E-state index in [2.05, 4.69) is 28.0 Å². The Balaban J connectivity index is 1.51. The molecule has 0 aliphatic carbocycles. The minimum Gasteiger partial charge on any atom is -0.493 e. The molecule has 0 spiro atoms. The number of aromatic nitrogens is 3. The van der Waals surface area contributed by atoms with E-state index in [0.29, 0.717) is 24.4 Å². The molecular formula is C31H33N3O5. The number of pyridine rings is 1. The van der Waals surface area contributed by atoms with Gasteiger partial charge in [-0.2, -0.15) is 5.10 Å². The van der Waals surface area contributed by atoms with Crippen LogP contribution in [0.1, 0.15) is 56.2 Å². The molecule has 0 fully saturated rings. The van der Waals surface area contributed by atoms with E-state index in [0.717, 1.165) is 33.6 Å². The Kier molecular flexibility index (Phi) is 8.52. The fraction of sp³-hybridized carbons (Fsp3) is 0.323. The van der Waals surface area contributed by atoms with E-state index < -0.39 is 11.6 Å². The number of carboxylic acid groups (broad SMARTS) is 1. The van der Waals surface area contributed by atoms with Gasteiger partial charge < -0.3 is 19.7 Å². The van der Waals surface area contributed by atoms with Gasteiger partial charge in [-0.05, 0) is 74.7 Å². The first kappa shape index (κ1) is 27.7. The molecule has 1 atom stereocenters. The lowest BCUT2D eigenvalue weighted by molar-refractivity contribution is -0.137. The van der Waals surface area contributed by atoms with Gasteiger partial charge in [-0.1, -0.05) is 24.1 Å². The molecule has 2 aromatic heterocycles. The highest BCUT2D eigenvalue weighted by Gasteiger charge is 2.15. The van der Waals surface area contributed by atoms with Gasteiger partial charge in [0.15, 0.2) is 5.65 Å². The van der Waals surface area contributed by atoms with Crippen LogP contribution in [0.4, 0.5) is 0 Å². The zero-order valence-corrected chi connectivity index (χ0v) is 22.6. The number of carbonyl (C=O) groups is 1. The lowest BCUT2D eigenvalue weighted by Crippen LogP contribution is -2.21. The van der Waals surface area contributed by atoms with Crippen molar-refractivity contribution in [2.45, 2.75) is 58.7 Å². The first-order valence-corrected chi connectivity index (χ1v) is 12.8. The first-order chi connectivity index (χ1) is 18.6. The van der Waals surface area contributed by atoms with E-state index in [1.54, 1.807) is 25.3 Å². The van der Waals surface area contributed by atoms with Crippen LogP contribution in [0.25, 0.3) is 16.8 Å². The van der Waals surface area contributed by atoms with Gasteiger partial charge in [-0.25, -0.2) is 9.50 Å². The Hall–Kier alpha value is -4.35. The van der Waals surface area contributed by atoms with Gasteiger partial charge in [-0.3, -0.25) is 4.79 Å². The summed E-state index contributed by atoms with van der Waals surface area (Å²) in [7, 11) is 0. The van der Waals surface area contributed by atoms with E-state index in [1.165, 1.54) is 6.33 Å². The van der Waals surface area contributed by atoms with Crippen molar-refractivity contribution in [3.8, 4) is 34.5 Å². The summed E-state index contributed by atoms with van der Waals surface area (Å²) in [5.41, 5.74) is 4.70. The summed E-state index contributed by atoms with van der Waals surface area (Å²) in [6.45, 7) is 7.97. The third kappa shape index (κ3) is 7.37. The molecule has 4 aromatic rings. The number of hydrogen-bond acceptors (Lipinski definition) is 6. The maximum atomic E-state index is 11.2. The van der Waals surface area contributed by atoms with Gasteiger partial charge >= 0.3 is 5.97 Å². The van der Waals surface area contributed by atoms with Crippen molar-refractivity contribution in [2.24, 2.45) is 0 Å². The summed E-state index contributed by atoms with van der Waals surface area (Å²) in [6.07, 6.45) is 3.95. The van der Waals surface area contributed by atoms with Crippen molar-refractivity contribution >= 4 is 11.6 Å². The van der Waals surface area contributed by atoms with Crippen molar-refractivity contribution in [3.63, 3.8) is 0 Å². The zero-order chi connectivity index (χ0) is 28.0. The monoisotopic (exact) mass is 527 g/mol. The second-order valence-electron chi connectivity index (χ2n) is 10.1. The fourth-order valence-electron chi connectivity index (χ4n) is 4.28. The smallest absolute Gasteiger partial charge is 0.304 e. The molecule has 0 amide bonds. The van der Waals surface area contributed by atoms with Crippen LogP contribution in [-0.4, -0.2) is 43.0 Å². The number of carboxylic acids is 1. The van der Waals surface area contributed by atoms with Gasteiger partial charge in [0.05, 0.1) is 24.5 Å². The number of rotatable bonds is 11. The number of aliphatic hydroxyl groups is 1. The highest BCUT2D eigenvalue weighted by Crippen LogP contribution is 2.29. The van der Waals surface area contributed by atoms with Crippen LogP contribution < -0.4 is 9.47 Å². The summed E-state index contributed by atoms with van der Waals surface area (Å²) in [6, 6.07) is 15.3. The summed E-state index contributed by atoms with van der Waals surface area (Å²) in [5, 5.41) is 23.4. The minimum atomic E-state index is -0.886. The highest BCUT2D eigenvalue weighted by atomic mass is 16.5. The molecular weight excluding hydrogens is 494 g/mol. The molecule has 0 bridgehead atoms. The number of hydrogen-bond donors (Lipinski definition) is 2. The van der Waals surface area contributed by atoms with Crippen molar-refractivity contribution in [3.05, 3.63) is 77.7 Å². The average Bonchev–Trinajstić information content (AvgIpc) is 3.35. The quantitative estimate of drug-likeness (QED) is 0.251. The van der Waals surface area contributed by atoms with Crippen LogP contribution in [0.15, 0.2) is 61.1 Å². The first-order valence-electron chi connectivity index (χ1n) is 12.8. The largest absolute Gasteiger partial charge is 0.493 e. The summed E-state index contributed by atoms with van der Waals surface area (Å²) in [5.74, 6) is 5.93. The van der Waals surface area contributed by atoms with Gasteiger partial charge in [-0.15, -0.1) is 5.92 Å². The van der Waals surface area contributed by atoms with Crippen LogP contribution in [0.5, 0.6) is 11.5 Å². The van der Waals surface area contributed by atoms with Crippen molar-refractivity contribution in [2.75, 3.05) is 6.61 Å². The number of fused-ring (bicyclic) bond motifs is 1. The second-order valence-corrected chi connectivity index (χ2v) is 10.1. The Morgan fingerprint density at radius 3 is 2.51 bits per heavy atom. The SMILES string of the molecule is CC#C[C@@H](CC(=O)O)c1ccc(OCc2cc(-c3ccc(OCCC(C)(C)O)cc3C)cn3ncnc23)cc1. The fourth-order valence-corrected chi connectivity index (χ4v) is 4.28. The molecule has 8 nitrogen and oxygen atoms in total. The zero-order valence-electron chi connectivity index (χ0n) is 22.6. The van der Waals surface area contributed by atoms with Crippen molar-refractivity contribution < 1.29 is 24.5 Å². The van der Waals surface area contributed by atoms with Crippen LogP contribution in [0, 0.1) is 18.8 Å². The van der Waals surface area contributed by atoms with E-state index in [1.807, 2.05) is 55.6 Å². The number of nitrogens with zero attached hydrogens (tertiary/aromatic N) is 3. The molecule has 0 saturated carbocycles. The molecule has 8 heteroatoms. The second kappa shape index (κ2) is 12.0. The number of aliphatic carboxylic acids is 1. The lowest BCUT2D eigenvalue weighted by atomic mass is 9.96. The van der Waals surface area contributed by atoms with E-state index in [9.17, 15) is 15.0 Å². The van der Waals surface area contributed by atoms with Gasteiger partial charge in [0.2, 0.25) is 0 Å². The third-order valence-electron chi connectivity index (χ3n) is 6.32. The van der Waals surface area contributed by atoms with Gasteiger partial charge in [0, 0.05) is 23.7 Å². The molecule has 2 aromatic carbocycles. The Morgan fingerprint density at radius 2 is 1.85 bits per heavy atom. The van der Waals surface area contributed by atoms with Crippen molar-refractivity contribution in [1.29, 1.82) is 0 Å². The van der Waals surface area contributed by atoms with Gasteiger partial charge in [0.25, 0.3) is 0 Å². The standard InChI is InChI=1S/C31H33N3O5/c1-5-6-23(17-29(35)36)22-7-9-26(10-8-22)39-19-25-16-24(18-34-30(25)32-20-33-34)28-12-11-27(15-21(28)2)38-14-13-31(3,4)37/h7-12,15-16,18,20,23,37H,13-14,17,19H2,1-4H3,(H,35,36)/t23-/m0/s1. The number of aryl methyl sites for hydroxylation is 1. The van der Waals surface area contributed by atoms with Crippen LogP contribution >= 0.6 is 0 Å². The lowest BCUT2D eigenvalue weighted by Gasteiger charge is -2.17. The molecule has 2 N–H and O–H groups in total. The molecule has 39 heavy (non-hydrogen) atoms. The maximum absolute atomic E-state index is 11.2. The van der Waals surface area contributed by atoms with Crippen LogP contribution in [0.3, 0.4) is 0 Å². The normalized spacial score (nSPS) is 12.0. The van der Waals surface area contributed by atoms with Crippen LogP contribution in [-0.2, 0) is 11.4 Å². The maximum Gasteiger partial charge on any atom is 0.304 e. The molecule has 0 saturated heterocycles. The summed E-state index contributed by atoms with van der Waals surface area (Å²) >= 11 is 0. The van der Waals surface area contributed by atoms with Crippen molar-refractivity contribution in [1.82, 2.24) is 14.6 Å². The number of ether oxygens (including phenoxy) is 2. The number of benzene rings is 2. The Labute approximate surface area is 228 Å². The van der Waals surface area contributed by atoms with Gasteiger partial charge in [0.1, 0.15) is 24.4 Å². The minimum absolute atomic E-state index is 0.0495.